The van der Waals surface area contributed by atoms with E-state index in [1.807, 2.05) is 0 Å². The number of carbonyl (C=O) groups is 1. The molecule has 0 aliphatic carbocycles. The minimum Gasteiger partial charge on any atom is -0.266 e. The van der Waals surface area contributed by atoms with Crippen LogP contribution in [0.1, 0.15) is 9.67 Å². The summed E-state index contributed by atoms with van der Waals surface area (Å²) >= 11 is 7.38. The Bertz CT molecular complexity index is 374. The summed E-state index contributed by atoms with van der Waals surface area (Å²) in [5, 5.41) is 0. The Hall–Kier alpha value is -0.120. The third-order valence-electron chi connectivity index (χ3n) is 1.27. The topological polar surface area (TPSA) is 38.3 Å². The van der Waals surface area contributed by atoms with Crippen molar-refractivity contribution in [2.45, 2.75) is 6.18 Å². The maximum absolute atomic E-state index is 11.7. The van der Waals surface area contributed by atoms with Crippen molar-refractivity contribution < 1.29 is 22.8 Å². The number of carbonyl (C=O) groups excluding carboxylic acids is 1. The molecule has 0 radical (unpaired) electrons. The zero-order chi connectivity index (χ0) is 12.3. The van der Waals surface area contributed by atoms with Crippen molar-refractivity contribution in [3.8, 4) is 0 Å². The number of amides is 1. The minimum atomic E-state index is -4.47. The van der Waals surface area contributed by atoms with Gasteiger partial charge >= 0.3 is 6.18 Å². The number of hydrogen-bond donors (Lipinski definition) is 1. The number of thiophene rings is 1. The molecule has 0 aliphatic heterocycles. The quantitative estimate of drug-likeness (QED) is 0.812. The van der Waals surface area contributed by atoms with Gasteiger partial charge in [0.2, 0.25) is 0 Å². The molecule has 90 valence electrons. The Morgan fingerprint density at radius 3 is 2.56 bits per heavy atom. The number of alkyl halides is 3. The van der Waals surface area contributed by atoms with Crippen LogP contribution in [-0.4, -0.2) is 18.7 Å². The molecule has 0 spiro atoms. The standard InChI is InChI=1S/C7H4Br2F3NO2S/c8-3-1-4(16-5(3)9)6(14)13-15-2-7(10,11)12/h1H,2H2,(H,13,14). The largest absolute Gasteiger partial charge is 0.414 e. The van der Waals surface area contributed by atoms with Crippen LogP contribution in [0.25, 0.3) is 0 Å². The van der Waals surface area contributed by atoms with E-state index in [0.717, 1.165) is 11.3 Å². The third-order valence-corrected chi connectivity index (χ3v) is 4.52. The lowest BCUT2D eigenvalue weighted by molar-refractivity contribution is -0.184. The zero-order valence-electron chi connectivity index (χ0n) is 7.40. The lowest BCUT2D eigenvalue weighted by atomic mass is 10.5. The number of nitrogens with one attached hydrogen (secondary N) is 1. The summed E-state index contributed by atoms with van der Waals surface area (Å²) in [5.74, 6) is -0.722. The van der Waals surface area contributed by atoms with Crippen molar-refractivity contribution in [3.63, 3.8) is 0 Å². The predicted molar refractivity (Wildman–Crippen MR) is 59.2 cm³/mol. The highest BCUT2D eigenvalue weighted by atomic mass is 79.9. The van der Waals surface area contributed by atoms with E-state index < -0.39 is 18.7 Å². The molecule has 0 bridgehead atoms. The van der Waals surface area contributed by atoms with Gasteiger partial charge in [-0.15, -0.1) is 11.3 Å². The van der Waals surface area contributed by atoms with Gasteiger partial charge in [-0.1, -0.05) is 0 Å². The van der Waals surface area contributed by atoms with Crippen LogP contribution in [0, 0.1) is 0 Å². The highest BCUT2D eigenvalue weighted by Crippen LogP contribution is 2.32. The molecular weight excluding hydrogens is 379 g/mol. The number of rotatable bonds is 3. The monoisotopic (exact) mass is 381 g/mol. The average molecular weight is 383 g/mol. The van der Waals surface area contributed by atoms with E-state index in [4.69, 9.17) is 0 Å². The maximum atomic E-state index is 11.7. The molecule has 0 aromatic carbocycles. The predicted octanol–water partition coefficient (Wildman–Crippen LogP) is 3.50. The van der Waals surface area contributed by atoms with Gasteiger partial charge in [0.1, 0.15) is 0 Å². The van der Waals surface area contributed by atoms with Gasteiger partial charge in [0.15, 0.2) is 6.61 Å². The lowest BCUT2D eigenvalue weighted by Crippen LogP contribution is -2.29. The summed E-state index contributed by atoms with van der Waals surface area (Å²) in [7, 11) is 0. The van der Waals surface area contributed by atoms with Crippen molar-refractivity contribution >= 4 is 49.1 Å². The van der Waals surface area contributed by atoms with Crippen LogP contribution in [0.15, 0.2) is 14.3 Å². The number of hydrogen-bond acceptors (Lipinski definition) is 3. The van der Waals surface area contributed by atoms with Gasteiger partial charge in [-0.25, -0.2) is 5.48 Å². The number of hydroxylamine groups is 1. The second-order valence-corrected chi connectivity index (χ2v) is 5.79. The van der Waals surface area contributed by atoms with Crippen molar-refractivity contribution in [2.75, 3.05) is 6.61 Å². The molecule has 1 rings (SSSR count). The zero-order valence-corrected chi connectivity index (χ0v) is 11.4. The SMILES string of the molecule is O=C(NOCC(F)(F)F)c1cc(Br)c(Br)s1. The Morgan fingerprint density at radius 1 is 1.50 bits per heavy atom. The molecule has 1 heterocycles. The van der Waals surface area contributed by atoms with E-state index in [1.54, 1.807) is 5.48 Å². The average Bonchev–Trinajstić information content (AvgIpc) is 2.45. The first-order chi connectivity index (χ1) is 7.29. The lowest BCUT2D eigenvalue weighted by Gasteiger charge is -2.06. The molecule has 9 heteroatoms. The van der Waals surface area contributed by atoms with Crippen LogP contribution in [-0.2, 0) is 4.84 Å². The van der Waals surface area contributed by atoms with Crippen LogP contribution in [0.3, 0.4) is 0 Å². The van der Waals surface area contributed by atoms with E-state index in [0.29, 0.717) is 8.26 Å². The molecule has 0 saturated heterocycles. The van der Waals surface area contributed by atoms with Crippen LogP contribution < -0.4 is 5.48 Å². The summed E-state index contributed by atoms with van der Waals surface area (Å²) in [6.07, 6.45) is -4.47. The summed E-state index contributed by atoms with van der Waals surface area (Å²) in [6, 6.07) is 1.47. The fourth-order valence-electron chi connectivity index (χ4n) is 0.692. The second-order valence-electron chi connectivity index (χ2n) is 2.57. The first-order valence-electron chi connectivity index (χ1n) is 3.73. The molecule has 1 aromatic heterocycles. The normalized spacial score (nSPS) is 11.6. The third kappa shape index (κ3) is 4.40. The van der Waals surface area contributed by atoms with Gasteiger partial charge in [0, 0.05) is 4.47 Å². The van der Waals surface area contributed by atoms with Gasteiger partial charge in [-0.05, 0) is 37.9 Å². The highest BCUT2D eigenvalue weighted by molar-refractivity contribution is 9.13. The highest BCUT2D eigenvalue weighted by Gasteiger charge is 2.28. The molecule has 16 heavy (non-hydrogen) atoms. The van der Waals surface area contributed by atoms with Gasteiger partial charge in [-0.2, -0.15) is 13.2 Å². The smallest absolute Gasteiger partial charge is 0.266 e. The number of halogens is 5. The van der Waals surface area contributed by atoms with E-state index in [2.05, 4.69) is 36.7 Å². The molecule has 0 unspecified atom stereocenters. The molecule has 0 atom stereocenters. The first-order valence-corrected chi connectivity index (χ1v) is 6.13. The fraction of sp³-hybridized carbons (Fsp3) is 0.286. The Balaban J connectivity index is 2.47. The molecule has 0 aliphatic rings. The molecule has 0 fully saturated rings. The van der Waals surface area contributed by atoms with Crippen LogP contribution in [0.2, 0.25) is 0 Å². The Labute approximate surface area is 109 Å². The van der Waals surface area contributed by atoms with Crippen molar-refractivity contribution in [3.05, 3.63) is 19.2 Å². The van der Waals surface area contributed by atoms with E-state index in [-0.39, 0.29) is 4.88 Å². The van der Waals surface area contributed by atoms with Gasteiger partial charge in [0.25, 0.3) is 5.91 Å². The summed E-state index contributed by atoms with van der Waals surface area (Å²) in [4.78, 5) is 15.5. The molecule has 1 amide bonds. The van der Waals surface area contributed by atoms with Crippen molar-refractivity contribution in [1.29, 1.82) is 0 Å². The summed E-state index contributed by atoms with van der Waals surface area (Å²) < 4.78 is 36.4. The first kappa shape index (κ1) is 13.9. The molecule has 1 aromatic rings. The second kappa shape index (κ2) is 5.48. The van der Waals surface area contributed by atoms with E-state index in [1.165, 1.54) is 6.07 Å². The van der Waals surface area contributed by atoms with E-state index >= 15 is 0 Å². The fourth-order valence-corrected chi connectivity index (χ4v) is 2.61. The van der Waals surface area contributed by atoms with Gasteiger partial charge in [-0.3, -0.25) is 9.63 Å². The van der Waals surface area contributed by atoms with Crippen LogP contribution >= 0.6 is 43.2 Å². The van der Waals surface area contributed by atoms with Crippen LogP contribution in [0.4, 0.5) is 13.2 Å². The van der Waals surface area contributed by atoms with Crippen molar-refractivity contribution in [2.24, 2.45) is 0 Å². The van der Waals surface area contributed by atoms with Gasteiger partial charge < -0.3 is 0 Å². The summed E-state index contributed by atoms with van der Waals surface area (Å²) in [6.45, 7) is -1.52. The molecule has 3 nitrogen and oxygen atoms in total. The Morgan fingerprint density at radius 2 is 2.12 bits per heavy atom. The molecular formula is C7H4Br2F3NO2S. The van der Waals surface area contributed by atoms with Crippen LogP contribution in [0.5, 0.6) is 0 Å². The summed E-state index contributed by atoms with van der Waals surface area (Å²) in [5.41, 5.74) is 1.71. The molecule has 0 saturated carbocycles. The maximum Gasteiger partial charge on any atom is 0.414 e. The Kier molecular flexibility index (Phi) is 4.77. The van der Waals surface area contributed by atoms with Crippen molar-refractivity contribution in [1.82, 2.24) is 5.48 Å². The minimum absolute atomic E-state index is 0.237. The molecule has 1 N–H and O–H groups in total. The van der Waals surface area contributed by atoms with Gasteiger partial charge in [0.05, 0.1) is 8.66 Å². The van der Waals surface area contributed by atoms with E-state index in [9.17, 15) is 18.0 Å².